The molecule has 0 radical (unpaired) electrons. The second kappa shape index (κ2) is 6.33. The summed E-state index contributed by atoms with van der Waals surface area (Å²) in [4.78, 5) is 20.3. The van der Waals surface area contributed by atoms with E-state index in [-0.39, 0.29) is 11.7 Å². The van der Waals surface area contributed by atoms with Crippen LogP contribution in [0.2, 0.25) is 0 Å². The Morgan fingerprint density at radius 2 is 2.15 bits per heavy atom. The molecule has 0 saturated carbocycles. The number of oxime groups is 1. The van der Waals surface area contributed by atoms with Crippen molar-refractivity contribution in [1.82, 2.24) is 14.8 Å². The van der Waals surface area contributed by atoms with Crippen LogP contribution in [0.5, 0.6) is 0 Å². The third-order valence-electron chi connectivity index (χ3n) is 3.32. The quantitative estimate of drug-likeness (QED) is 0.348. The Bertz CT molecular complexity index is 509. The molecule has 0 atom stereocenters. The summed E-state index contributed by atoms with van der Waals surface area (Å²) in [6.07, 6.45) is 1.65. The molecule has 2 heterocycles. The molecule has 0 spiro atoms. The minimum atomic E-state index is 0.0268. The van der Waals surface area contributed by atoms with Gasteiger partial charge in [-0.1, -0.05) is 5.16 Å². The molecule has 1 fully saturated rings. The lowest BCUT2D eigenvalue weighted by Crippen LogP contribution is -2.50. The number of amides is 1. The van der Waals surface area contributed by atoms with Crippen molar-refractivity contribution < 1.29 is 10.0 Å². The largest absolute Gasteiger partial charge is 0.409 e. The number of hydrogen-bond acceptors (Lipinski definition) is 5. The first-order valence-electron chi connectivity index (χ1n) is 6.51. The van der Waals surface area contributed by atoms with Crippen molar-refractivity contribution in [3.63, 3.8) is 0 Å². The molecule has 0 unspecified atom stereocenters. The molecule has 0 bridgehead atoms. The van der Waals surface area contributed by atoms with Crippen molar-refractivity contribution >= 4 is 11.7 Å². The summed E-state index contributed by atoms with van der Waals surface area (Å²) >= 11 is 0. The number of rotatable bonds is 3. The van der Waals surface area contributed by atoms with Crippen LogP contribution >= 0.6 is 0 Å². The van der Waals surface area contributed by atoms with Gasteiger partial charge < -0.3 is 15.8 Å². The molecule has 1 saturated heterocycles. The second-order valence-corrected chi connectivity index (χ2v) is 4.85. The highest BCUT2D eigenvalue weighted by molar-refractivity contribution is 5.94. The van der Waals surface area contributed by atoms with Crippen molar-refractivity contribution in [2.24, 2.45) is 10.9 Å². The summed E-state index contributed by atoms with van der Waals surface area (Å²) in [5.74, 6) is 0.216. The number of carbonyl (C=O) groups excluding carboxylic acids is 1. The zero-order valence-corrected chi connectivity index (χ0v) is 11.5. The Morgan fingerprint density at radius 1 is 1.45 bits per heavy atom. The smallest absolute Gasteiger partial charge is 0.254 e. The van der Waals surface area contributed by atoms with Crippen LogP contribution in [-0.2, 0) is 0 Å². The van der Waals surface area contributed by atoms with Crippen molar-refractivity contribution in [3.05, 3.63) is 29.6 Å². The van der Waals surface area contributed by atoms with E-state index in [1.165, 1.54) is 0 Å². The van der Waals surface area contributed by atoms with E-state index in [1.54, 1.807) is 18.3 Å². The monoisotopic (exact) mass is 277 g/mol. The molecular formula is C13H19N5O2. The van der Waals surface area contributed by atoms with Gasteiger partial charge in [0.25, 0.3) is 5.91 Å². The van der Waals surface area contributed by atoms with Crippen LogP contribution < -0.4 is 5.73 Å². The number of nitrogens with two attached hydrogens (primary N) is 1. The topological polar surface area (TPSA) is 95.1 Å². The Balaban J connectivity index is 1.92. The van der Waals surface area contributed by atoms with Crippen LogP contribution in [0.25, 0.3) is 0 Å². The molecule has 3 N–H and O–H groups in total. The van der Waals surface area contributed by atoms with Crippen LogP contribution in [0, 0.1) is 6.92 Å². The SMILES string of the molecule is Cc1cc(C(=O)N2CCN(C/C(N)=N/O)CC2)ccn1. The van der Waals surface area contributed by atoms with Gasteiger partial charge in [0, 0.05) is 43.6 Å². The first-order chi connectivity index (χ1) is 9.60. The third kappa shape index (κ3) is 3.45. The number of carbonyl (C=O) groups is 1. The van der Waals surface area contributed by atoms with Gasteiger partial charge in [0.2, 0.25) is 0 Å². The second-order valence-electron chi connectivity index (χ2n) is 4.85. The van der Waals surface area contributed by atoms with Gasteiger partial charge in [-0.05, 0) is 19.1 Å². The molecule has 1 aromatic heterocycles. The summed E-state index contributed by atoms with van der Waals surface area (Å²) in [6, 6.07) is 3.53. The molecule has 0 aliphatic carbocycles. The highest BCUT2D eigenvalue weighted by atomic mass is 16.4. The Labute approximate surface area is 117 Å². The average molecular weight is 277 g/mol. The fourth-order valence-corrected chi connectivity index (χ4v) is 2.23. The molecule has 1 amide bonds. The van der Waals surface area contributed by atoms with E-state index in [9.17, 15) is 4.79 Å². The van der Waals surface area contributed by atoms with E-state index in [0.717, 1.165) is 5.69 Å². The zero-order chi connectivity index (χ0) is 14.5. The van der Waals surface area contributed by atoms with Crippen LogP contribution in [-0.4, -0.2) is 64.5 Å². The number of pyridine rings is 1. The predicted molar refractivity (Wildman–Crippen MR) is 74.7 cm³/mol. The molecule has 1 aromatic rings. The highest BCUT2D eigenvalue weighted by Crippen LogP contribution is 2.09. The van der Waals surface area contributed by atoms with Crippen LogP contribution in [0.15, 0.2) is 23.5 Å². The van der Waals surface area contributed by atoms with Gasteiger partial charge in [0.15, 0.2) is 5.84 Å². The Hall–Kier alpha value is -2.15. The van der Waals surface area contributed by atoms with Gasteiger partial charge in [0.05, 0.1) is 6.54 Å². The summed E-state index contributed by atoms with van der Waals surface area (Å²) in [7, 11) is 0. The lowest BCUT2D eigenvalue weighted by molar-refractivity contribution is 0.0653. The number of aromatic nitrogens is 1. The molecule has 7 heteroatoms. The molecule has 2 rings (SSSR count). The lowest BCUT2D eigenvalue weighted by Gasteiger charge is -2.34. The Kier molecular flexibility index (Phi) is 4.52. The average Bonchev–Trinajstić information content (AvgIpc) is 2.47. The van der Waals surface area contributed by atoms with Gasteiger partial charge in [-0.3, -0.25) is 14.7 Å². The fraction of sp³-hybridized carbons (Fsp3) is 0.462. The molecule has 108 valence electrons. The van der Waals surface area contributed by atoms with Gasteiger partial charge in [0.1, 0.15) is 0 Å². The summed E-state index contributed by atoms with van der Waals surface area (Å²) < 4.78 is 0. The summed E-state index contributed by atoms with van der Waals surface area (Å²) in [5.41, 5.74) is 6.98. The van der Waals surface area contributed by atoms with Crippen LogP contribution in [0.4, 0.5) is 0 Å². The van der Waals surface area contributed by atoms with Gasteiger partial charge >= 0.3 is 0 Å². The first-order valence-corrected chi connectivity index (χ1v) is 6.51. The standard InChI is InChI=1S/C13H19N5O2/c1-10-8-11(2-3-15-10)13(19)18-6-4-17(5-7-18)9-12(14)16-20/h2-3,8,20H,4-7,9H2,1H3,(H2,14,16). The number of amidine groups is 1. The van der Waals surface area contributed by atoms with E-state index in [4.69, 9.17) is 10.9 Å². The van der Waals surface area contributed by atoms with Gasteiger partial charge in [-0.15, -0.1) is 0 Å². The number of aryl methyl sites for hydroxylation is 1. The molecule has 1 aliphatic heterocycles. The maximum atomic E-state index is 12.3. The van der Waals surface area contributed by atoms with Crippen molar-refractivity contribution in [2.75, 3.05) is 32.7 Å². The van der Waals surface area contributed by atoms with Gasteiger partial charge in [-0.25, -0.2) is 0 Å². The minimum absolute atomic E-state index is 0.0268. The fourth-order valence-electron chi connectivity index (χ4n) is 2.23. The van der Waals surface area contributed by atoms with Crippen molar-refractivity contribution in [2.45, 2.75) is 6.92 Å². The number of nitrogens with zero attached hydrogens (tertiary/aromatic N) is 4. The summed E-state index contributed by atoms with van der Waals surface area (Å²) in [5, 5.41) is 11.5. The zero-order valence-electron chi connectivity index (χ0n) is 11.5. The lowest BCUT2D eigenvalue weighted by atomic mass is 10.2. The summed E-state index contributed by atoms with van der Waals surface area (Å²) in [6.45, 7) is 4.99. The first kappa shape index (κ1) is 14.3. The highest BCUT2D eigenvalue weighted by Gasteiger charge is 2.22. The van der Waals surface area contributed by atoms with E-state index < -0.39 is 0 Å². The molecule has 0 aromatic carbocycles. The van der Waals surface area contributed by atoms with E-state index in [0.29, 0.717) is 38.3 Å². The normalized spacial score (nSPS) is 17.2. The molecule has 7 nitrogen and oxygen atoms in total. The molecule has 20 heavy (non-hydrogen) atoms. The Morgan fingerprint density at radius 3 is 2.75 bits per heavy atom. The van der Waals surface area contributed by atoms with Crippen molar-refractivity contribution in [1.29, 1.82) is 0 Å². The molecular weight excluding hydrogens is 258 g/mol. The number of hydrogen-bond donors (Lipinski definition) is 2. The van der Waals surface area contributed by atoms with Gasteiger partial charge in [-0.2, -0.15) is 0 Å². The van der Waals surface area contributed by atoms with Crippen molar-refractivity contribution in [3.8, 4) is 0 Å². The maximum Gasteiger partial charge on any atom is 0.254 e. The minimum Gasteiger partial charge on any atom is -0.409 e. The maximum absolute atomic E-state index is 12.3. The third-order valence-corrected chi connectivity index (χ3v) is 3.32. The number of piperazine rings is 1. The molecule has 1 aliphatic rings. The van der Waals surface area contributed by atoms with E-state index in [2.05, 4.69) is 15.0 Å². The predicted octanol–water partition coefficient (Wildman–Crippen LogP) is -0.106. The van der Waals surface area contributed by atoms with E-state index in [1.807, 2.05) is 11.8 Å². The van der Waals surface area contributed by atoms with Crippen LogP contribution in [0.1, 0.15) is 16.1 Å². The van der Waals surface area contributed by atoms with Crippen LogP contribution in [0.3, 0.4) is 0 Å². The van der Waals surface area contributed by atoms with E-state index >= 15 is 0 Å².